The van der Waals surface area contributed by atoms with Crippen LogP contribution in [0.15, 0.2) is 66.9 Å². The Morgan fingerprint density at radius 3 is 2.37 bits per heavy atom. The second kappa shape index (κ2) is 15.1. The predicted octanol–water partition coefficient (Wildman–Crippen LogP) is 7.79. The molecule has 0 radical (unpaired) electrons. The lowest BCUT2D eigenvalue weighted by atomic mass is 9.79. The molecular formula is C39H49FN6O4S. The number of carbonyl (C=O) groups excluding carboxylic acids is 2. The highest BCUT2D eigenvalue weighted by Gasteiger charge is 2.43. The van der Waals surface area contributed by atoms with Crippen LogP contribution in [0.1, 0.15) is 106 Å². The molecule has 51 heavy (non-hydrogen) atoms. The molecule has 1 aliphatic rings. The molecule has 12 heteroatoms. The number of anilines is 1. The largest absolute Gasteiger partial charge is 0.598 e. The van der Waals surface area contributed by atoms with Crippen LogP contribution < -0.4 is 15.4 Å². The molecule has 0 spiro atoms. The van der Waals surface area contributed by atoms with E-state index in [1.807, 2.05) is 52.0 Å². The second-order valence-electron chi connectivity index (χ2n) is 15.3. The number of nitrogens with zero attached hydrogens (tertiary/aromatic N) is 3. The van der Waals surface area contributed by atoms with Crippen LogP contribution in [0.25, 0.3) is 5.69 Å². The van der Waals surface area contributed by atoms with Gasteiger partial charge in [-0.3, -0.25) is 9.78 Å². The first-order chi connectivity index (χ1) is 23.9. The van der Waals surface area contributed by atoms with Crippen molar-refractivity contribution in [1.82, 2.24) is 24.8 Å². The lowest BCUT2D eigenvalue weighted by Crippen LogP contribution is -2.52. The summed E-state index contributed by atoms with van der Waals surface area (Å²) >= 11 is -1.49. The molecule has 272 valence electrons. The van der Waals surface area contributed by atoms with E-state index in [1.54, 1.807) is 64.2 Å². The van der Waals surface area contributed by atoms with E-state index in [0.717, 1.165) is 36.1 Å². The summed E-state index contributed by atoms with van der Waals surface area (Å²) in [5.74, 6) is -0.588. The third-order valence-corrected chi connectivity index (χ3v) is 10.2. The van der Waals surface area contributed by atoms with Crippen molar-refractivity contribution in [2.45, 2.75) is 104 Å². The summed E-state index contributed by atoms with van der Waals surface area (Å²) in [5.41, 5.74) is 2.91. The minimum atomic E-state index is -1.49. The van der Waals surface area contributed by atoms with Crippen LogP contribution in [0.2, 0.25) is 0 Å². The fraction of sp³-hybridized carbons (Fsp3) is 0.436. The van der Waals surface area contributed by atoms with Gasteiger partial charge < -0.3 is 19.9 Å². The Bertz CT molecular complexity index is 1880. The zero-order valence-electron chi connectivity index (χ0n) is 30.7. The molecule has 1 saturated carbocycles. The van der Waals surface area contributed by atoms with Crippen LogP contribution in [0.5, 0.6) is 0 Å². The van der Waals surface area contributed by atoms with E-state index in [2.05, 4.69) is 25.4 Å². The maximum atomic E-state index is 15.6. The van der Waals surface area contributed by atoms with Gasteiger partial charge in [0.1, 0.15) is 27.4 Å². The van der Waals surface area contributed by atoms with Crippen molar-refractivity contribution in [1.29, 1.82) is 0 Å². The Kier molecular flexibility index (Phi) is 11.3. The molecule has 2 aromatic carbocycles. The number of benzene rings is 2. The number of carbonyl (C=O) groups is 2. The van der Waals surface area contributed by atoms with Gasteiger partial charge in [-0.1, -0.05) is 31.0 Å². The highest BCUT2D eigenvalue weighted by molar-refractivity contribution is 7.90. The van der Waals surface area contributed by atoms with Crippen molar-refractivity contribution in [2.75, 3.05) is 5.32 Å². The second-order valence-corrected chi connectivity index (χ2v) is 17.3. The number of aryl methyl sites for hydroxylation is 2. The first kappa shape index (κ1) is 38.0. The summed E-state index contributed by atoms with van der Waals surface area (Å²) in [5, 5.41) is 10.1. The van der Waals surface area contributed by atoms with E-state index >= 15 is 4.39 Å². The van der Waals surface area contributed by atoms with E-state index in [4.69, 9.17) is 4.74 Å². The average molecular weight is 717 g/mol. The molecule has 4 aromatic rings. The molecule has 3 N–H and O–H groups in total. The Morgan fingerprint density at radius 2 is 1.71 bits per heavy atom. The number of pyridine rings is 1. The first-order valence-electron chi connectivity index (χ1n) is 17.3. The third kappa shape index (κ3) is 9.75. The maximum absolute atomic E-state index is 15.6. The fourth-order valence-electron chi connectivity index (χ4n) is 5.79. The van der Waals surface area contributed by atoms with Gasteiger partial charge >= 0.3 is 6.09 Å². The molecule has 1 unspecified atom stereocenters. The van der Waals surface area contributed by atoms with Gasteiger partial charge in [-0.2, -0.15) is 5.10 Å². The Labute approximate surface area is 303 Å². The minimum absolute atomic E-state index is 0.0110. The topological polar surface area (TPSA) is 133 Å². The summed E-state index contributed by atoms with van der Waals surface area (Å²) in [4.78, 5) is 30.6. The van der Waals surface area contributed by atoms with Gasteiger partial charge in [-0.25, -0.2) is 13.9 Å². The van der Waals surface area contributed by atoms with Crippen LogP contribution in [0, 0.1) is 25.6 Å². The van der Waals surface area contributed by atoms with Crippen LogP contribution in [0.3, 0.4) is 0 Å². The minimum Gasteiger partial charge on any atom is -0.598 e. The van der Waals surface area contributed by atoms with Crippen LogP contribution >= 0.6 is 0 Å². The Morgan fingerprint density at radius 1 is 0.980 bits per heavy atom. The Hall–Kier alpha value is -4.26. The van der Waals surface area contributed by atoms with Crippen molar-refractivity contribution >= 4 is 29.0 Å². The molecule has 1 aliphatic carbocycles. The van der Waals surface area contributed by atoms with Crippen LogP contribution in [-0.4, -0.2) is 41.7 Å². The molecule has 0 bridgehead atoms. The lowest BCUT2D eigenvalue weighted by Gasteiger charge is -2.39. The zero-order chi connectivity index (χ0) is 37.1. The van der Waals surface area contributed by atoms with Gasteiger partial charge in [0, 0.05) is 29.8 Å². The normalized spacial score (nSPS) is 15.2. The van der Waals surface area contributed by atoms with Crippen LogP contribution in [-0.2, 0) is 28.2 Å². The summed E-state index contributed by atoms with van der Waals surface area (Å²) in [7, 11) is 0. The van der Waals surface area contributed by atoms with Gasteiger partial charge in [0.2, 0.25) is 0 Å². The maximum Gasteiger partial charge on any atom is 0.407 e. The molecule has 0 aliphatic heterocycles. The van der Waals surface area contributed by atoms with Gasteiger partial charge in [0.05, 0.1) is 17.1 Å². The number of alkyl carbamates (subject to hydrolysis) is 1. The number of hydrogen-bond acceptors (Lipinski definition) is 7. The molecule has 2 atom stereocenters. The SMILES string of the molecule is Cc1cc(C(CCC2CC2)(N[S@+]([O-])C(C)(C)C)c2ccc(F)c(NC(=O)c3cc(C)nn3-c3cccc(CNC(=O)OC(C)(C)C)c3)c2)ccn1. The van der Waals surface area contributed by atoms with Crippen molar-refractivity contribution in [3.05, 3.63) is 106 Å². The monoisotopic (exact) mass is 716 g/mol. The van der Waals surface area contributed by atoms with E-state index in [9.17, 15) is 14.1 Å². The van der Waals surface area contributed by atoms with Crippen LogP contribution in [0.4, 0.5) is 14.9 Å². The third-order valence-electron chi connectivity index (χ3n) is 8.60. The number of aromatic nitrogens is 3. The zero-order valence-corrected chi connectivity index (χ0v) is 31.5. The van der Waals surface area contributed by atoms with Gasteiger partial charge in [-0.05, 0) is 133 Å². The summed E-state index contributed by atoms with van der Waals surface area (Å²) in [6.45, 7) is 15.0. The summed E-state index contributed by atoms with van der Waals surface area (Å²) < 4.78 is 39.2. The van der Waals surface area contributed by atoms with E-state index in [0.29, 0.717) is 29.3 Å². The van der Waals surface area contributed by atoms with Gasteiger partial charge in [-0.15, -0.1) is 4.72 Å². The Balaban J connectivity index is 1.48. The fourth-order valence-corrected chi connectivity index (χ4v) is 6.75. The summed E-state index contributed by atoms with van der Waals surface area (Å²) in [6, 6.07) is 17.5. The van der Waals surface area contributed by atoms with Crippen molar-refractivity contribution in [3.8, 4) is 5.69 Å². The molecule has 10 nitrogen and oxygen atoms in total. The van der Waals surface area contributed by atoms with Crippen molar-refractivity contribution < 1.29 is 23.3 Å². The van der Waals surface area contributed by atoms with E-state index in [1.165, 1.54) is 10.7 Å². The lowest BCUT2D eigenvalue weighted by molar-refractivity contribution is 0.0523. The number of hydrogen-bond donors (Lipinski definition) is 3. The number of halogens is 1. The molecule has 1 fully saturated rings. The quantitative estimate of drug-likeness (QED) is 0.128. The highest BCUT2D eigenvalue weighted by atomic mass is 32.2. The molecule has 5 rings (SSSR count). The van der Waals surface area contributed by atoms with Gasteiger partial charge in [0.25, 0.3) is 5.91 Å². The van der Waals surface area contributed by atoms with E-state index in [-0.39, 0.29) is 17.9 Å². The molecule has 0 saturated heterocycles. The number of amides is 2. The van der Waals surface area contributed by atoms with Gasteiger partial charge in [0.15, 0.2) is 0 Å². The molecular weight excluding hydrogens is 668 g/mol. The number of ether oxygens (including phenoxy) is 1. The molecule has 2 aromatic heterocycles. The highest BCUT2D eigenvalue weighted by Crippen LogP contribution is 2.43. The number of nitrogens with one attached hydrogen (secondary N) is 3. The molecule has 2 amide bonds. The standard InChI is InChI=1S/C39H49FN6O4S/c1-25-20-30(17-19-41-25)39(18-16-27-12-13-27,45-51(49)38(6,7)8)29-14-15-32(40)33(23-29)43-35(47)34-21-26(2)44-46(34)31-11-9-10-28(22-31)24-42-36(48)50-37(3,4)5/h9-11,14-15,17,19-23,27,45H,12-13,16,18,24H2,1-8H3,(H,42,48)(H,43,47)/t39?,51-/m1/s1. The van der Waals surface area contributed by atoms with Crippen molar-refractivity contribution in [3.63, 3.8) is 0 Å². The summed E-state index contributed by atoms with van der Waals surface area (Å²) in [6.07, 6.45) is 5.00. The van der Waals surface area contributed by atoms with Crippen molar-refractivity contribution in [2.24, 2.45) is 5.92 Å². The predicted molar refractivity (Wildman–Crippen MR) is 198 cm³/mol. The first-order valence-corrected chi connectivity index (χ1v) is 18.5. The van der Waals surface area contributed by atoms with E-state index < -0.39 is 45.1 Å². The number of rotatable bonds is 12. The molecule has 2 heterocycles. The smallest absolute Gasteiger partial charge is 0.407 e. The average Bonchev–Trinajstić information content (AvgIpc) is 3.80.